The molecule has 0 atom stereocenters. The average molecular weight is 756 g/mol. The third-order valence-corrected chi connectivity index (χ3v) is 12.6. The molecule has 0 unspecified atom stereocenters. The SMILES string of the molecule is c1ccc(-c2ccc(-c3ccc4ccccc4c3)cc2N(c2ccc(-c3ccc(-c4cccc5ccccc45)cc3)cc2)c2ccc3sc4ccccc4c3c2)cc1. The summed E-state index contributed by atoms with van der Waals surface area (Å²) in [6, 6.07) is 82.1. The van der Waals surface area contributed by atoms with Crippen LogP contribution in [0.3, 0.4) is 0 Å². The van der Waals surface area contributed by atoms with Gasteiger partial charge in [-0.05, 0) is 109 Å². The highest BCUT2D eigenvalue weighted by molar-refractivity contribution is 7.25. The van der Waals surface area contributed by atoms with Crippen LogP contribution in [-0.2, 0) is 0 Å². The van der Waals surface area contributed by atoms with Crippen LogP contribution in [0.5, 0.6) is 0 Å². The number of hydrogen-bond donors (Lipinski definition) is 0. The summed E-state index contributed by atoms with van der Waals surface area (Å²) in [5, 5.41) is 7.58. The maximum Gasteiger partial charge on any atom is 0.0546 e. The molecule has 58 heavy (non-hydrogen) atoms. The lowest BCUT2D eigenvalue weighted by Gasteiger charge is -2.29. The topological polar surface area (TPSA) is 3.24 Å². The third kappa shape index (κ3) is 6.12. The van der Waals surface area contributed by atoms with Gasteiger partial charge in [-0.1, -0.05) is 176 Å². The number of fused-ring (bicyclic) bond motifs is 5. The second-order valence-electron chi connectivity index (χ2n) is 14.9. The standard InChI is InChI=1S/C56H37NS/c1-2-12-42(13-3-1)51-33-29-46(45-26-23-38-11-4-5-15-44(38)35-45)36-54(51)57(48-32-34-56-53(37-48)52-18-8-9-20-55(52)58-56)47-30-27-40(28-31-47)39-21-24-43(25-22-39)50-19-10-16-41-14-6-7-17-49(41)50/h1-37H. The fourth-order valence-electron chi connectivity index (χ4n) is 8.53. The number of thiophene rings is 1. The predicted molar refractivity (Wildman–Crippen MR) is 251 cm³/mol. The van der Waals surface area contributed by atoms with Gasteiger partial charge in [0.1, 0.15) is 0 Å². The summed E-state index contributed by atoms with van der Waals surface area (Å²) in [6.45, 7) is 0. The molecule has 0 aliphatic heterocycles. The van der Waals surface area contributed by atoms with Crippen molar-refractivity contribution in [2.75, 3.05) is 4.90 Å². The van der Waals surface area contributed by atoms with Crippen LogP contribution in [0, 0.1) is 0 Å². The summed E-state index contributed by atoms with van der Waals surface area (Å²) in [5.74, 6) is 0. The van der Waals surface area contributed by atoms with Crippen molar-refractivity contribution in [1.29, 1.82) is 0 Å². The first-order chi connectivity index (χ1) is 28.7. The minimum Gasteiger partial charge on any atom is -0.310 e. The first-order valence-corrected chi connectivity index (χ1v) is 20.6. The van der Waals surface area contributed by atoms with E-state index >= 15 is 0 Å². The van der Waals surface area contributed by atoms with Crippen molar-refractivity contribution in [2.45, 2.75) is 0 Å². The molecule has 1 nitrogen and oxygen atoms in total. The zero-order chi connectivity index (χ0) is 38.4. The van der Waals surface area contributed by atoms with Gasteiger partial charge >= 0.3 is 0 Å². The van der Waals surface area contributed by atoms with Crippen molar-refractivity contribution in [3.8, 4) is 44.5 Å². The highest BCUT2D eigenvalue weighted by Gasteiger charge is 2.20. The van der Waals surface area contributed by atoms with Gasteiger partial charge in [-0.25, -0.2) is 0 Å². The average Bonchev–Trinajstić information content (AvgIpc) is 3.67. The van der Waals surface area contributed by atoms with Crippen molar-refractivity contribution in [2.24, 2.45) is 0 Å². The van der Waals surface area contributed by atoms with E-state index in [-0.39, 0.29) is 0 Å². The van der Waals surface area contributed by atoms with Gasteiger partial charge in [0.15, 0.2) is 0 Å². The summed E-state index contributed by atoms with van der Waals surface area (Å²) in [5.41, 5.74) is 12.9. The Labute approximate surface area is 342 Å². The normalized spacial score (nSPS) is 11.4. The van der Waals surface area contributed by atoms with Crippen LogP contribution in [0.2, 0.25) is 0 Å². The van der Waals surface area contributed by atoms with Gasteiger partial charge in [0.25, 0.3) is 0 Å². The van der Waals surface area contributed by atoms with E-state index in [0.717, 1.165) is 17.1 Å². The van der Waals surface area contributed by atoms with Crippen molar-refractivity contribution >= 4 is 70.1 Å². The van der Waals surface area contributed by atoms with E-state index in [2.05, 4.69) is 229 Å². The molecule has 11 rings (SSSR count). The molecule has 0 N–H and O–H groups in total. The smallest absolute Gasteiger partial charge is 0.0546 e. The van der Waals surface area contributed by atoms with Gasteiger partial charge < -0.3 is 4.90 Å². The van der Waals surface area contributed by atoms with E-state index < -0.39 is 0 Å². The molecule has 10 aromatic carbocycles. The van der Waals surface area contributed by atoms with Crippen molar-refractivity contribution in [3.05, 3.63) is 224 Å². The Kier molecular flexibility index (Phi) is 8.42. The van der Waals surface area contributed by atoms with Crippen LogP contribution in [-0.4, -0.2) is 0 Å². The van der Waals surface area contributed by atoms with Gasteiger partial charge in [-0.3, -0.25) is 0 Å². The van der Waals surface area contributed by atoms with E-state index in [9.17, 15) is 0 Å². The second kappa shape index (κ2) is 14.4. The lowest BCUT2D eigenvalue weighted by atomic mass is 9.95. The van der Waals surface area contributed by atoms with Crippen LogP contribution >= 0.6 is 11.3 Å². The summed E-state index contributed by atoms with van der Waals surface area (Å²) in [4.78, 5) is 2.45. The number of anilines is 3. The van der Waals surface area contributed by atoms with Gasteiger partial charge in [-0.2, -0.15) is 0 Å². The van der Waals surface area contributed by atoms with Crippen LogP contribution in [0.1, 0.15) is 0 Å². The molecule has 1 heterocycles. The molecule has 0 spiro atoms. The molecule has 0 radical (unpaired) electrons. The first-order valence-electron chi connectivity index (χ1n) is 19.8. The predicted octanol–water partition coefficient (Wildman–Crippen LogP) is 16.5. The van der Waals surface area contributed by atoms with Crippen LogP contribution in [0.15, 0.2) is 224 Å². The number of benzene rings is 10. The van der Waals surface area contributed by atoms with Crippen LogP contribution in [0.25, 0.3) is 86.2 Å². The summed E-state index contributed by atoms with van der Waals surface area (Å²) in [7, 11) is 0. The van der Waals surface area contributed by atoms with Crippen molar-refractivity contribution in [3.63, 3.8) is 0 Å². The lowest BCUT2D eigenvalue weighted by molar-refractivity contribution is 1.29. The molecule has 0 saturated heterocycles. The minimum absolute atomic E-state index is 1.10. The Bertz CT molecular complexity index is 3260. The van der Waals surface area contributed by atoms with E-state index in [1.54, 1.807) is 0 Å². The molecule has 0 saturated carbocycles. The molecular formula is C56H37NS. The van der Waals surface area contributed by atoms with Crippen molar-refractivity contribution < 1.29 is 0 Å². The molecule has 2 heteroatoms. The Hall–Kier alpha value is -7.26. The van der Waals surface area contributed by atoms with Gasteiger partial charge in [-0.15, -0.1) is 11.3 Å². The Morgan fingerprint density at radius 1 is 0.276 bits per heavy atom. The summed E-state index contributed by atoms with van der Waals surface area (Å²) < 4.78 is 2.60. The fourth-order valence-corrected chi connectivity index (χ4v) is 9.62. The highest BCUT2D eigenvalue weighted by Crippen LogP contribution is 2.46. The molecule has 272 valence electrons. The fraction of sp³-hybridized carbons (Fsp3) is 0. The quantitative estimate of drug-likeness (QED) is 0.157. The first kappa shape index (κ1) is 34.0. The summed E-state index contributed by atoms with van der Waals surface area (Å²) in [6.07, 6.45) is 0. The lowest BCUT2D eigenvalue weighted by Crippen LogP contribution is -2.11. The molecule has 0 bridgehead atoms. The zero-order valence-electron chi connectivity index (χ0n) is 31.7. The molecule has 11 aromatic rings. The second-order valence-corrected chi connectivity index (χ2v) is 16.0. The third-order valence-electron chi connectivity index (χ3n) is 11.5. The zero-order valence-corrected chi connectivity index (χ0v) is 32.5. The Morgan fingerprint density at radius 2 is 0.845 bits per heavy atom. The molecule has 0 fully saturated rings. The van der Waals surface area contributed by atoms with E-state index in [1.807, 2.05) is 11.3 Å². The van der Waals surface area contributed by atoms with Crippen LogP contribution in [0.4, 0.5) is 17.1 Å². The van der Waals surface area contributed by atoms with Crippen molar-refractivity contribution in [1.82, 2.24) is 0 Å². The maximum absolute atomic E-state index is 2.45. The Balaban J connectivity index is 1.06. The number of hydrogen-bond acceptors (Lipinski definition) is 2. The van der Waals surface area contributed by atoms with E-state index in [4.69, 9.17) is 0 Å². The Morgan fingerprint density at radius 3 is 1.67 bits per heavy atom. The summed E-state index contributed by atoms with van der Waals surface area (Å²) >= 11 is 1.86. The van der Waals surface area contributed by atoms with Gasteiger partial charge in [0.2, 0.25) is 0 Å². The minimum atomic E-state index is 1.10. The van der Waals surface area contributed by atoms with Gasteiger partial charge in [0, 0.05) is 37.1 Å². The highest BCUT2D eigenvalue weighted by atomic mass is 32.1. The largest absolute Gasteiger partial charge is 0.310 e. The van der Waals surface area contributed by atoms with Gasteiger partial charge in [0.05, 0.1) is 5.69 Å². The molecule has 0 amide bonds. The number of nitrogens with zero attached hydrogens (tertiary/aromatic N) is 1. The molecule has 0 aliphatic carbocycles. The van der Waals surface area contributed by atoms with E-state index in [0.29, 0.717) is 0 Å². The molecular weight excluding hydrogens is 719 g/mol. The monoisotopic (exact) mass is 755 g/mol. The maximum atomic E-state index is 2.45. The number of rotatable bonds is 7. The van der Waals surface area contributed by atoms with Crippen LogP contribution < -0.4 is 4.90 Å². The van der Waals surface area contributed by atoms with E-state index in [1.165, 1.54) is 86.2 Å². The molecule has 0 aliphatic rings. The molecule has 1 aromatic heterocycles.